The molecule has 2 N–H and O–H groups in total. The second-order valence-corrected chi connectivity index (χ2v) is 8.11. The minimum absolute atomic E-state index is 0.299. The van der Waals surface area contributed by atoms with Gasteiger partial charge in [-0.25, -0.2) is 0 Å². The van der Waals surface area contributed by atoms with Crippen molar-refractivity contribution in [3.05, 3.63) is 63.8 Å². The van der Waals surface area contributed by atoms with Gasteiger partial charge in [0.25, 0.3) is 5.91 Å². The molecular formula is C22H23BrN6O3. The van der Waals surface area contributed by atoms with Crippen LogP contribution in [-0.4, -0.2) is 39.8 Å². The molecule has 2 aromatic carbocycles. The summed E-state index contributed by atoms with van der Waals surface area (Å²) in [4.78, 5) is 13.6. The van der Waals surface area contributed by atoms with Crippen molar-refractivity contribution in [1.82, 2.24) is 20.2 Å². The van der Waals surface area contributed by atoms with Crippen molar-refractivity contribution < 1.29 is 14.3 Å². The number of fused-ring (bicyclic) bond motifs is 1. The van der Waals surface area contributed by atoms with Crippen LogP contribution in [0.4, 0.5) is 11.6 Å². The largest absolute Gasteiger partial charge is 0.495 e. The lowest BCUT2D eigenvalue weighted by atomic mass is 9.94. The van der Waals surface area contributed by atoms with Gasteiger partial charge < -0.3 is 20.1 Å². The van der Waals surface area contributed by atoms with Gasteiger partial charge in [0, 0.05) is 15.7 Å². The molecule has 0 aliphatic carbocycles. The third-order valence-electron chi connectivity index (χ3n) is 5.04. The fraction of sp³-hybridized carbons (Fsp3) is 0.273. The molecule has 0 saturated carbocycles. The van der Waals surface area contributed by atoms with Crippen molar-refractivity contribution in [2.24, 2.45) is 0 Å². The van der Waals surface area contributed by atoms with Gasteiger partial charge in [-0.2, -0.15) is 4.68 Å². The molecule has 0 unspecified atom stereocenters. The van der Waals surface area contributed by atoms with Gasteiger partial charge in [0.2, 0.25) is 5.95 Å². The summed E-state index contributed by atoms with van der Waals surface area (Å²) in [5.74, 6) is 1.38. The van der Waals surface area contributed by atoms with Gasteiger partial charge >= 0.3 is 0 Å². The van der Waals surface area contributed by atoms with Crippen LogP contribution in [0.3, 0.4) is 0 Å². The van der Waals surface area contributed by atoms with Gasteiger partial charge in [0.05, 0.1) is 25.0 Å². The number of rotatable bonds is 7. The highest BCUT2D eigenvalue weighted by atomic mass is 79.9. The number of hydrogen-bond acceptors (Lipinski definition) is 7. The zero-order valence-electron chi connectivity index (χ0n) is 17.9. The zero-order chi connectivity index (χ0) is 22.7. The summed E-state index contributed by atoms with van der Waals surface area (Å²) in [6.07, 6.45) is 0.855. The van der Waals surface area contributed by atoms with Crippen LogP contribution in [0, 0.1) is 0 Å². The first-order valence-corrected chi connectivity index (χ1v) is 10.9. The molecule has 1 aliphatic rings. The minimum Gasteiger partial charge on any atom is -0.495 e. The standard InChI is InChI=1S/C22H23BrN6O3/c1-4-11-32-17-10-9-14(23)12-15(17)20-19(13(2)24-22-26-27-28-29(20)22)21(30)25-16-7-5-6-8-18(16)31-3/h5-10,12,20H,4,11H2,1-3H3,(H,25,30)(H,24,26,28)/t20-/m1/s1. The number of nitrogens with zero attached hydrogens (tertiary/aromatic N) is 4. The number of anilines is 2. The number of carbonyl (C=O) groups excluding carboxylic acids is 1. The molecule has 1 aromatic heterocycles. The Morgan fingerprint density at radius 1 is 1.25 bits per heavy atom. The predicted octanol–water partition coefficient (Wildman–Crippen LogP) is 4.16. The van der Waals surface area contributed by atoms with Gasteiger partial charge in [-0.1, -0.05) is 40.1 Å². The Bertz CT molecular complexity index is 1180. The molecular weight excluding hydrogens is 476 g/mol. The molecule has 0 radical (unpaired) electrons. The highest BCUT2D eigenvalue weighted by Crippen LogP contribution is 2.40. The molecule has 1 amide bonds. The number of benzene rings is 2. The number of tetrazole rings is 1. The zero-order valence-corrected chi connectivity index (χ0v) is 19.5. The van der Waals surface area contributed by atoms with Crippen molar-refractivity contribution in [2.75, 3.05) is 24.4 Å². The van der Waals surface area contributed by atoms with Crippen molar-refractivity contribution in [1.29, 1.82) is 0 Å². The molecule has 0 spiro atoms. The maximum atomic E-state index is 13.6. The molecule has 1 atom stereocenters. The molecule has 3 aromatic rings. The van der Waals surface area contributed by atoms with Gasteiger partial charge in [0.15, 0.2) is 0 Å². The summed E-state index contributed by atoms with van der Waals surface area (Å²) < 4.78 is 13.8. The van der Waals surface area contributed by atoms with E-state index in [0.29, 0.717) is 41.0 Å². The number of allylic oxidation sites excluding steroid dienone is 1. The maximum absolute atomic E-state index is 13.6. The van der Waals surface area contributed by atoms with E-state index in [-0.39, 0.29) is 5.91 Å². The number of amides is 1. The van der Waals surface area contributed by atoms with E-state index < -0.39 is 6.04 Å². The average Bonchev–Trinajstić information content (AvgIpc) is 3.25. The smallest absolute Gasteiger partial charge is 0.255 e. The second-order valence-electron chi connectivity index (χ2n) is 7.20. The summed E-state index contributed by atoms with van der Waals surface area (Å²) in [5, 5.41) is 18.1. The van der Waals surface area contributed by atoms with Gasteiger partial charge in [0.1, 0.15) is 17.5 Å². The van der Waals surface area contributed by atoms with Gasteiger partial charge in [-0.15, -0.1) is 0 Å². The highest BCUT2D eigenvalue weighted by Gasteiger charge is 2.36. The van der Waals surface area contributed by atoms with Crippen molar-refractivity contribution in [2.45, 2.75) is 26.3 Å². The van der Waals surface area contributed by atoms with E-state index in [2.05, 4.69) is 42.1 Å². The van der Waals surface area contributed by atoms with E-state index >= 15 is 0 Å². The lowest BCUT2D eigenvalue weighted by molar-refractivity contribution is -0.113. The maximum Gasteiger partial charge on any atom is 0.255 e. The Labute approximate surface area is 193 Å². The Morgan fingerprint density at radius 2 is 2.06 bits per heavy atom. The lowest BCUT2D eigenvalue weighted by Crippen LogP contribution is -2.32. The van der Waals surface area contributed by atoms with Crippen LogP contribution in [0.2, 0.25) is 0 Å². The molecule has 32 heavy (non-hydrogen) atoms. The summed E-state index contributed by atoms with van der Waals surface area (Å²) in [7, 11) is 1.56. The number of halogens is 1. The molecule has 0 fully saturated rings. The molecule has 10 heteroatoms. The topological polar surface area (TPSA) is 103 Å². The van der Waals surface area contributed by atoms with Crippen LogP contribution < -0.4 is 20.1 Å². The van der Waals surface area contributed by atoms with Crippen molar-refractivity contribution in [3.63, 3.8) is 0 Å². The van der Waals surface area contributed by atoms with E-state index in [0.717, 1.165) is 16.5 Å². The molecule has 4 rings (SSSR count). The first-order valence-electron chi connectivity index (χ1n) is 10.2. The fourth-order valence-electron chi connectivity index (χ4n) is 3.61. The molecule has 1 aliphatic heterocycles. The fourth-order valence-corrected chi connectivity index (χ4v) is 3.99. The van der Waals surface area contributed by atoms with Crippen LogP contribution in [0.5, 0.6) is 11.5 Å². The molecule has 9 nitrogen and oxygen atoms in total. The number of hydrogen-bond donors (Lipinski definition) is 2. The van der Waals surface area contributed by atoms with Crippen LogP contribution in [-0.2, 0) is 4.79 Å². The van der Waals surface area contributed by atoms with E-state index in [4.69, 9.17) is 9.47 Å². The third-order valence-corrected chi connectivity index (χ3v) is 5.54. The van der Waals surface area contributed by atoms with Crippen molar-refractivity contribution >= 4 is 33.5 Å². The summed E-state index contributed by atoms with van der Waals surface area (Å²) in [6, 6.07) is 12.4. The summed E-state index contributed by atoms with van der Waals surface area (Å²) in [6.45, 7) is 4.42. The third kappa shape index (κ3) is 4.18. The Kier molecular flexibility index (Phi) is 6.40. The van der Waals surface area contributed by atoms with E-state index in [1.807, 2.05) is 44.2 Å². The van der Waals surface area contributed by atoms with Crippen LogP contribution >= 0.6 is 15.9 Å². The SMILES string of the molecule is CCCOc1ccc(Br)cc1[C@@H]1C(C(=O)Nc2ccccc2OC)=C(C)Nc2nnnn21. The second kappa shape index (κ2) is 9.39. The van der Waals surface area contributed by atoms with Crippen LogP contribution in [0.15, 0.2) is 58.2 Å². The van der Waals surface area contributed by atoms with Gasteiger partial charge in [-0.3, -0.25) is 4.79 Å². The Hall–Kier alpha value is -3.40. The quantitative estimate of drug-likeness (QED) is 0.503. The van der Waals surface area contributed by atoms with E-state index in [1.54, 1.807) is 23.9 Å². The van der Waals surface area contributed by atoms with E-state index in [9.17, 15) is 4.79 Å². The lowest BCUT2D eigenvalue weighted by Gasteiger charge is -2.29. The highest BCUT2D eigenvalue weighted by molar-refractivity contribution is 9.10. The molecule has 2 heterocycles. The van der Waals surface area contributed by atoms with Crippen molar-refractivity contribution in [3.8, 4) is 11.5 Å². The number of aromatic nitrogens is 4. The molecule has 166 valence electrons. The molecule has 0 bridgehead atoms. The molecule has 0 saturated heterocycles. The van der Waals surface area contributed by atoms with Crippen LogP contribution in [0.1, 0.15) is 31.9 Å². The summed E-state index contributed by atoms with van der Waals surface area (Å²) >= 11 is 3.54. The first kappa shape index (κ1) is 21.8. The Morgan fingerprint density at radius 3 is 2.84 bits per heavy atom. The Balaban J connectivity index is 1.81. The van der Waals surface area contributed by atoms with Gasteiger partial charge in [-0.05, 0) is 54.1 Å². The first-order chi connectivity index (χ1) is 15.5. The monoisotopic (exact) mass is 498 g/mol. The average molecular weight is 499 g/mol. The number of carbonyl (C=O) groups is 1. The number of para-hydroxylation sites is 2. The van der Waals surface area contributed by atoms with E-state index in [1.165, 1.54) is 0 Å². The minimum atomic E-state index is -0.597. The number of ether oxygens (including phenoxy) is 2. The number of methoxy groups -OCH3 is 1. The predicted molar refractivity (Wildman–Crippen MR) is 124 cm³/mol. The summed E-state index contributed by atoms with van der Waals surface area (Å²) in [5.41, 5.74) is 2.45. The number of nitrogens with one attached hydrogen (secondary N) is 2. The normalized spacial score (nSPS) is 15.1. The van der Waals surface area contributed by atoms with Crippen LogP contribution in [0.25, 0.3) is 0 Å².